The highest BCUT2D eigenvalue weighted by Gasteiger charge is 2.37. The average Bonchev–Trinajstić information content (AvgIpc) is 3.10. The summed E-state index contributed by atoms with van der Waals surface area (Å²) in [7, 11) is 0. The highest BCUT2D eigenvalue weighted by atomic mass is 15.4. The van der Waals surface area contributed by atoms with Crippen molar-refractivity contribution in [3.05, 3.63) is 78.4 Å². The Morgan fingerprint density at radius 3 is 2.31 bits per heavy atom. The molecule has 3 heterocycles. The number of hydrogen-bond acceptors (Lipinski definition) is 4. The third-order valence-electron chi connectivity index (χ3n) is 5.08. The topological polar surface area (TPSA) is 46.3 Å². The largest absolute Gasteiger partial charge is 0.347 e. The Morgan fingerprint density at radius 2 is 1.58 bits per heavy atom. The Bertz CT molecular complexity index is 1040. The first-order valence-electron chi connectivity index (χ1n) is 8.91. The molecular formula is C21H19N5. The quantitative estimate of drug-likeness (QED) is 0.565. The molecular weight excluding hydrogens is 322 g/mol. The molecule has 0 radical (unpaired) electrons. The summed E-state index contributed by atoms with van der Waals surface area (Å²) in [6.07, 6.45) is 0. The summed E-state index contributed by atoms with van der Waals surface area (Å²) in [6.45, 7) is 3.29. The van der Waals surface area contributed by atoms with E-state index in [1.54, 1.807) is 0 Å². The van der Waals surface area contributed by atoms with Crippen LogP contribution in [0.25, 0.3) is 17.0 Å². The van der Waals surface area contributed by atoms with Gasteiger partial charge in [-0.3, -0.25) is 0 Å². The van der Waals surface area contributed by atoms with Crippen molar-refractivity contribution in [3.8, 4) is 11.4 Å². The van der Waals surface area contributed by atoms with Crippen molar-refractivity contribution >= 4 is 11.5 Å². The molecule has 1 saturated heterocycles. The van der Waals surface area contributed by atoms with Crippen LogP contribution in [0.15, 0.2) is 72.8 Å². The minimum atomic E-state index is 0.359. The number of nitrogens with zero attached hydrogens (tertiary/aromatic N) is 5. The molecule has 1 aliphatic rings. The predicted octanol–water partition coefficient (Wildman–Crippen LogP) is 3.99. The summed E-state index contributed by atoms with van der Waals surface area (Å²) < 4.78 is 1.84. The first-order chi connectivity index (χ1) is 12.8. The second-order valence-electron chi connectivity index (χ2n) is 6.84. The molecule has 128 valence electrons. The van der Waals surface area contributed by atoms with Crippen LogP contribution in [-0.4, -0.2) is 26.4 Å². The average molecular weight is 341 g/mol. The Kier molecular flexibility index (Phi) is 3.45. The zero-order chi connectivity index (χ0) is 17.5. The van der Waals surface area contributed by atoms with Crippen molar-refractivity contribution in [2.24, 2.45) is 5.92 Å². The molecule has 5 heteroatoms. The molecule has 0 saturated carbocycles. The van der Waals surface area contributed by atoms with Gasteiger partial charge >= 0.3 is 0 Å². The number of anilines is 1. The van der Waals surface area contributed by atoms with E-state index in [2.05, 4.69) is 52.4 Å². The van der Waals surface area contributed by atoms with Gasteiger partial charge in [0.2, 0.25) is 0 Å². The van der Waals surface area contributed by atoms with Crippen molar-refractivity contribution in [1.82, 2.24) is 19.8 Å². The van der Waals surface area contributed by atoms with Gasteiger partial charge in [0.05, 0.1) is 6.04 Å². The number of hydrogen-bond donors (Lipinski definition) is 0. The number of fused-ring (bicyclic) bond motifs is 1. The number of aromatic nitrogens is 4. The van der Waals surface area contributed by atoms with Gasteiger partial charge in [0, 0.05) is 12.1 Å². The molecule has 0 aliphatic carbocycles. The Hall–Kier alpha value is -3.21. The lowest BCUT2D eigenvalue weighted by Crippen LogP contribution is -2.49. The summed E-state index contributed by atoms with van der Waals surface area (Å²) in [4.78, 5) is 2.36. The second kappa shape index (κ2) is 5.95. The van der Waals surface area contributed by atoms with E-state index in [0.29, 0.717) is 12.0 Å². The maximum absolute atomic E-state index is 4.86. The lowest BCUT2D eigenvalue weighted by Gasteiger charge is -2.47. The van der Waals surface area contributed by atoms with Crippen LogP contribution in [0.4, 0.5) is 5.82 Å². The highest BCUT2D eigenvalue weighted by Crippen LogP contribution is 2.41. The van der Waals surface area contributed by atoms with Crippen molar-refractivity contribution in [1.29, 1.82) is 0 Å². The maximum atomic E-state index is 4.86. The van der Waals surface area contributed by atoms with Crippen LogP contribution in [0.2, 0.25) is 0 Å². The molecule has 2 aromatic heterocycles. The molecule has 0 spiro atoms. The number of rotatable bonds is 3. The third-order valence-corrected chi connectivity index (χ3v) is 5.08. The first-order valence-corrected chi connectivity index (χ1v) is 8.91. The molecule has 1 fully saturated rings. The van der Waals surface area contributed by atoms with E-state index in [1.807, 2.05) is 47.0 Å². The Morgan fingerprint density at radius 1 is 0.846 bits per heavy atom. The fourth-order valence-corrected chi connectivity index (χ4v) is 3.79. The van der Waals surface area contributed by atoms with Crippen LogP contribution in [0, 0.1) is 5.92 Å². The molecule has 26 heavy (non-hydrogen) atoms. The van der Waals surface area contributed by atoms with Crippen LogP contribution >= 0.6 is 0 Å². The molecule has 4 aromatic rings. The molecule has 0 bridgehead atoms. The zero-order valence-corrected chi connectivity index (χ0v) is 14.5. The molecule has 2 atom stereocenters. The molecule has 1 aliphatic heterocycles. The molecule has 0 amide bonds. The second-order valence-corrected chi connectivity index (χ2v) is 6.84. The van der Waals surface area contributed by atoms with Crippen LogP contribution < -0.4 is 4.90 Å². The molecule has 2 aromatic carbocycles. The first kappa shape index (κ1) is 15.1. The molecule has 5 nitrogen and oxygen atoms in total. The fraction of sp³-hybridized carbons (Fsp3) is 0.190. The van der Waals surface area contributed by atoms with Gasteiger partial charge in [-0.05, 0) is 23.6 Å². The molecule has 0 unspecified atom stereocenters. The van der Waals surface area contributed by atoms with E-state index in [9.17, 15) is 0 Å². The van der Waals surface area contributed by atoms with Gasteiger partial charge in [-0.25, -0.2) is 0 Å². The van der Waals surface area contributed by atoms with Crippen molar-refractivity contribution in [3.63, 3.8) is 0 Å². The van der Waals surface area contributed by atoms with Crippen LogP contribution in [0.5, 0.6) is 0 Å². The number of benzene rings is 2. The van der Waals surface area contributed by atoms with E-state index in [0.717, 1.165) is 29.4 Å². The van der Waals surface area contributed by atoms with Gasteiger partial charge in [0.25, 0.3) is 0 Å². The standard InChI is InChI=1S/C21H19N5/c1-15-14-25(20(15)16-8-4-2-5-9-16)19-13-12-18-22-23-21(26(18)24-19)17-10-6-3-7-11-17/h2-13,15,20H,14H2,1H3/t15-,20-/m0/s1. The van der Waals surface area contributed by atoms with E-state index in [4.69, 9.17) is 5.10 Å². The molecule has 5 rings (SSSR count). The lowest BCUT2D eigenvalue weighted by atomic mass is 9.85. The van der Waals surface area contributed by atoms with Gasteiger partial charge in [-0.15, -0.1) is 15.3 Å². The summed E-state index contributed by atoms with van der Waals surface area (Å²) in [5.74, 6) is 2.33. The van der Waals surface area contributed by atoms with E-state index in [1.165, 1.54) is 5.56 Å². The van der Waals surface area contributed by atoms with Gasteiger partial charge < -0.3 is 4.90 Å². The van der Waals surface area contributed by atoms with Crippen molar-refractivity contribution in [2.45, 2.75) is 13.0 Å². The SMILES string of the molecule is C[C@H]1CN(c2ccc3nnc(-c4ccccc4)n3n2)[C@@H]1c1ccccc1. The monoisotopic (exact) mass is 341 g/mol. The van der Waals surface area contributed by atoms with E-state index >= 15 is 0 Å². The van der Waals surface area contributed by atoms with E-state index < -0.39 is 0 Å². The maximum Gasteiger partial charge on any atom is 0.185 e. The van der Waals surface area contributed by atoms with Crippen LogP contribution in [0.3, 0.4) is 0 Å². The fourth-order valence-electron chi connectivity index (χ4n) is 3.79. The van der Waals surface area contributed by atoms with E-state index in [-0.39, 0.29) is 0 Å². The normalized spacial score (nSPS) is 19.5. The summed E-state index contributed by atoms with van der Waals surface area (Å²) in [5.41, 5.74) is 3.11. The van der Waals surface area contributed by atoms with Gasteiger partial charge in [-0.1, -0.05) is 67.6 Å². The van der Waals surface area contributed by atoms with Gasteiger partial charge in [0.15, 0.2) is 11.5 Å². The molecule has 0 N–H and O–H groups in total. The van der Waals surface area contributed by atoms with Gasteiger partial charge in [-0.2, -0.15) is 4.52 Å². The van der Waals surface area contributed by atoms with Gasteiger partial charge in [0.1, 0.15) is 5.82 Å². The Labute approximate surface area is 151 Å². The Balaban J connectivity index is 1.56. The third kappa shape index (κ3) is 2.36. The van der Waals surface area contributed by atoms with Crippen molar-refractivity contribution < 1.29 is 0 Å². The predicted molar refractivity (Wildman–Crippen MR) is 102 cm³/mol. The summed E-state index contributed by atoms with van der Waals surface area (Å²) >= 11 is 0. The minimum Gasteiger partial charge on any atom is -0.347 e. The highest BCUT2D eigenvalue weighted by molar-refractivity contribution is 5.60. The van der Waals surface area contributed by atoms with Crippen LogP contribution in [0.1, 0.15) is 18.5 Å². The summed E-state index contributed by atoms with van der Waals surface area (Å²) in [5, 5.41) is 13.5. The smallest absolute Gasteiger partial charge is 0.185 e. The summed E-state index contributed by atoms with van der Waals surface area (Å²) in [6, 6.07) is 25.1. The zero-order valence-electron chi connectivity index (χ0n) is 14.5. The minimum absolute atomic E-state index is 0.359. The lowest BCUT2D eigenvalue weighted by molar-refractivity contribution is 0.321. The van der Waals surface area contributed by atoms with Crippen molar-refractivity contribution in [2.75, 3.05) is 11.4 Å². The van der Waals surface area contributed by atoms with Crippen LogP contribution in [-0.2, 0) is 0 Å².